The van der Waals surface area contributed by atoms with Crippen molar-refractivity contribution in [2.75, 3.05) is 0 Å². The van der Waals surface area contributed by atoms with Gasteiger partial charge in [0.05, 0.1) is 4.90 Å². The fraction of sp³-hybridized carbons (Fsp3) is 0. The predicted octanol–water partition coefficient (Wildman–Crippen LogP) is 4.27. The molecule has 0 aromatic heterocycles. The first-order valence-electron chi connectivity index (χ1n) is 2.68. The highest BCUT2D eigenvalue weighted by atomic mass is 79.9. The van der Waals surface area contributed by atoms with Crippen molar-refractivity contribution in [1.82, 2.24) is 0 Å². The van der Waals surface area contributed by atoms with Gasteiger partial charge < -0.3 is 0 Å². The van der Waals surface area contributed by atoms with Crippen LogP contribution in [0.2, 0.25) is 0 Å². The topological polar surface area (TPSA) is 0 Å². The van der Waals surface area contributed by atoms with E-state index in [-0.39, 0.29) is 0 Å². The first kappa shape index (κ1) is 8.93. The third-order valence-electron chi connectivity index (χ3n) is 1.08. The molecule has 0 saturated heterocycles. The lowest BCUT2D eigenvalue weighted by molar-refractivity contribution is 0.633. The predicted molar refractivity (Wildman–Crippen MR) is 43.3 cm³/mol. The van der Waals surface area contributed by atoms with E-state index in [4.69, 9.17) is 0 Å². The molecule has 0 aliphatic carbocycles. The summed E-state index contributed by atoms with van der Waals surface area (Å²) in [6.45, 7) is 0. The Balaban J connectivity index is 2.99. The zero-order valence-electron chi connectivity index (χ0n) is 5.23. The zero-order valence-corrected chi connectivity index (χ0v) is 7.63. The van der Waals surface area contributed by atoms with Crippen molar-refractivity contribution in [2.24, 2.45) is 0 Å². The van der Waals surface area contributed by atoms with Gasteiger partial charge in [0.25, 0.3) is 0 Å². The van der Waals surface area contributed by atoms with Crippen LogP contribution in [0.25, 0.3) is 0 Å². The molecule has 1 rings (SSSR count). The summed E-state index contributed by atoms with van der Waals surface area (Å²) in [7, 11) is 0. The molecule has 0 radical (unpaired) electrons. The number of halogens is 4. The molecule has 0 atom stereocenters. The zero-order chi connectivity index (χ0) is 8.48. The summed E-state index contributed by atoms with van der Waals surface area (Å²) in [5.41, 5.74) is 0. The van der Waals surface area contributed by atoms with Crippen molar-refractivity contribution in [2.45, 2.75) is 4.90 Å². The SMILES string of the molecule is FS(F)(F)c1ccc(Br)cc1. The standard InChI is InChI=1S/C6H4BrF3S/c7-5-1-3-6(4-2-5)11(8,9)10/h1-4H. The molecule has 0 spiro atoms. The van der Waals surface area contributed by atoms with E-state index in [1.54, 1.807) is 0 Å². The second-order valence-electron chi connectivity index (χ2n) is 1.86. The smallest absolute Gasteiger partial charge is 0.120 e. The van der Waals surface area contributed by atoms with Gasteiger partial charge in [0.15, 0.2) is 0 Å². The molecule has 0 nitrogen and oxygen atoms in total. The van der Waals surface area contributed by atoms with Gasteiger partial charge >= 0.3 is 0 Å². The van der Waals surface area contributed by atoms with Crippen molar-refractivity contribution in [3.8, 4) is 0 Å². The van der Waals surface area contributed by atoms with Crippen LogP contribution in [0.5, 0.6) is 0 Å². The quantitative estimate of drug-likeness (QED) is 0.693. The second kappa shape index (κ2) is 3.06. The minimum atomic E-state index is -5.04. The molecule has 0 aliphatic rings. The Morgan fingerprint density at radius 2 is 1.45 bits per heavy atom. The molecular weight excluding hydrogens is 241 g/mol. The van der Waals surface area contributed by atoms with Crippen molar-refractivity contribution < 1.29 is 11.7 Å². The summed E-state index contributed by atoms with van der Waals surface area (Å²) in [6, 6.07) is 4.91. The molecule has 62 valence electrons. The van der Waals surface area contributed by atoms with E-state index >= 15 is 0 Å². The second-order valence-corrected chi connectivity index (χ2v) is 4.06. The van der Waals surface area contributed by atoms with Crippen LogP contribution in [0, 0.1) is 0 Å². The summed E-state index contributed by atoms with van der Waals surface area (Å²) < 4.78 is 36.6. The molecular formula is C6H4BrF3S. The molecule has 0 bridgehead atoms. The van der Waals surface area contributed by atoms with Gasteiger partial charge in [0.2, 0.25) is 11.2 Å². The van der Waals surface area contributed by atoms with Gasteiger partial charge in [0.1, 0.15) is 0 Å². The van der Waals surface area contributed by atoms with Crippen LogP contribution in [0.1, 0.15) is 0 Å². The monoisotopic (exact) mass is 244 g/mol. The molecule has 0 aliphatic heterocycles. The lowest BCUT2D eigenvalue weighted by atomic mass is 10.4. The van der Waals surface area contributed by atoms with Crippen LogP contribution in [-0.2, 0) is 0 Å². The average molecular weight is 245 g/mol. The molecule has 0 N–H and O–H groups in total. The van der Waals surface area contributed by atoms with Crippen LogP contribution in [0.4, 0.5) is 11.7 Å². The van der Waals surface area contributed by atoms with E-state index in [0.29, 0.717) is 4.47 Å². The summed E-state index contributed by atoms with van der Waals surface area (Å²) in [5, 5.41) is 0. The largest absolute Gasteiger partial charge is 0.237 e. The van der Waals surface area contributed by atoms with Gasteiger partial charge in [-0.25, -0.2) is 0 Å². The fourth-order valence-corrected chi connectivity index (χ4v) is 1.30. The molecule has 0 heterocycles. The van der Waals surface area contributed by atoms with Crippen LogP contribution in [0.3, 0.4) is 0 Å². The van der Waals surface area contributed by atoms with Crippen molar-refractivity contribution in [1.29, 1.82) is 0 Å². The maximum atomic E-state index is 12.0. The van der Waals surface area contributed by atoms with Crippen molar-refractivity contribution in [3.05, 3.63) is 28.7 Å². The minimum absolute atomic E-state index is 0.541. The van der Waals surface area contributed by atoms with Crippen LogP contribution < -0.4 is 0 Å². The third kappa shape index (κ3) is 2.41. The van der Waals surface area contributed by atoms with Gasteiger partial charge in [0, 0.05) is 4.47 Å². The molecule has 11 heavy (non-hydrogen) atoms. The van der Waals surface area contributed by atoms with Gasteiger partial charge in [-0.15, -0.1) is 11.7 Å². The van der Waals surface area contributed by atoms with Gasteiger partial charge in [-0.3, -0.25) is 0 Å². The number of rotatable bonds is 1. The lowest BCUT2D eigenvalue weighted by Gasteiger charge is -2.08. The van der Waals surface area contributed by atoms with Gasteiger partial charge in [-0.1, -0.05) is 15.9 Å². The number of benzene rings is 1. The Kier molecular flexibility index (Phi) is 2.49. The highest BCUT2D eigenvalue weighted by Crippen LogP contribution is 2.60. The first-order chi connectivity index (χ1) is 5.00. The van der Waals surface area contributed by atoms with E-state index < -0.39 is 16.1 Å². The molecule has 0 saturated carbocycles. The minimum Gasteiger partial charge on any atom is -0.120 e. The van der Waals surface area contributed by atoms with Crippen molar-refractivity contribution >= 4 is 27.1 Å². The Hall–Kier alpha value is -0.160. The fourth-order valence-electron chi connectivity index (χ4n) is 0.589. The summed E-state index contributed by atoms with van der Waals surface area (Å²) >= 11 is -1.99. The van der Waals surface area contributed by atoms with Crippen LogP contribution in [0.15, 0.2) is 33.6 Å². The average Bonchev–Trinajstić information content (AvgIpc) is 1.86. The summed E-state index contributed by atoms with van der Waals surface area (Å²) in [5.74, 6) is 0. The molecule has 0 fully saturated rings. The van der Waals surface area contributed by atoms with Gasteiger partial charge in [-0.05, 0) is 24.3 Å². The first-order valence-corrected chi connectivity index (χ1v) is 4.80. The van der Waals surface area contributed by atoms with Crippen LogP contribution >= 0.6 is 27.1 Å². The number of hydrogen-bond donors (Lipinski definition) is 0. The summed E-state index contributed by atoms with van der Waals surface area (Å²) in [6.07, 6.45) is 0. The van der Waals surface area contributed by atoms with E-state index in [2.05, 4.69) is 15.9 Å². The molecule has 1 aromatic carbocycles. The van der Waals surface area contributed by atoms with Crippen molar-refractivity contribution in [3.63, 3.8) is 0 Å². The number of hydrogen-bond acceptors (Lipinski definition) is 0. The Labute approximate surface area is 72.7 Å². The van der Waals surface area contributed by atoms with E-state index in [1.165, 1.54) is 12.1 Å². The van der Waals surface area contributed by atoms with E-state index in [1.807, 2.05) is 0 Å². The normalized spacial score (nSPS) is 13.1. The Morgan fingerprint density at radius 3 is 1.82 bits per heavy atom. The Bertz CT molecular complexity index is 241. The van der Waals surface area contributed by atoms with E-state index in [9.17, 15) is 11.7 Å². The third-order valence-corrected chi connectivity index (χ3v) is 2.42. The maximum absolute atomic E-state index is 12.0. The highest BCUT2D eigenvalue weighted by Gasteiger charge is 2.23. The lowest BCUT2D eigenvalue weighted by Crippen LogP contribution is -1.77. The summed E-state index contributed by atoms with van der Waals surface area (Å²) in [4.78, 5) is -0.541. The maximum Gasteiger partial charge on any atom is 0.237 e. The molecule has 0 amide bonds. The Morgan fingerprint density at radius 1 is 1.00 bits per heavy atom. The molecule has 5 heteroatoms. The van der Waals surface area contributed by atoms with E-state index in [0.717, 1.165) is 12.1 Å². The molecule has 1 aromatic rings. The molecule has 0 unspecified atom stereocenters. The highest BCUT2D eigenvalue weighted by molar-refractivity contribution is 9.10. The van der Waals surface area contributed by atoms with Crippen LogP contribution in [-0.4, -0.2) is 0 Å². The van der Waals surface area contributed by atoms with Gasteiger partial charge in [-0.2, -0.15) is 0 Å².